The number of ether oxygens (including phenoxy) is 1. The maximum atomic E-state index is 11.9. The van der Waals surface area contributed by atoms with Gasteiger partial charge in [-0.25, -0.2) is 4.79 Å². The van der Waals surface area contributed by atoms with E-state index in [0.29, 0.717) is 17.4 Å². The lowest BCUT2D eigenvalue weighted by atomic mass is 10.2. The van der Waals surface area contributed by atoms with Gasteiger partial charge in [0.15, 0.2) is 0 Å². The molecule has 0 saturated heterocycles. The lowest BCUT2D eigenvalue weighted by Crippen LogP contribution is -2.17. The number of anilines is 1. The van der Waals surface area contributed by atoms with Crippen LogP contribution in [0.5, 0.6) is 5.75 Å². The number of nitrogens with zero attached hydrogens (tertiary/aromatic N) is 1. The molecule has 0 spiro atoms. The van der Waals surface area contributed by atoms with Gasteiger partial charge in [-0.05, 0) is 38.0 Å². The molecule has 0 radical (unpaired) electrons. The Kier molecular flexibility index (Phi) is 4.06. The van der Waals surface area contributed by atoms with E-state index in [2.05, 4.69) is 22.1 Å². The number of hydrogen-bond acceptors (Lipinski definition) is 3. The number of aryl methyl sites for hydroxylation is 1. The summed E-state index contributed by atoms with van der Waals surface area (Å²) in [5.74, 6) is 7.35. The molecule has 0 bridgehead atoms. The number of nitrogens with one attached hydrogen (secondary N) is 1. The Hall–Kier alpha value is -2.80. The molecule has 1 aromatic heterocycles. The minimum absolute atomic E-state index is 0.494. The summed E-state index contributed by atoms with van der Waals surface area (Å²) in [6.45, 7) is 1.91. The van der Waals surface area contributed by atoms with Gasteiger partial charge in [0.1, 0.15) is 5.75 Å². The third kappa shape index (κ3) is 3.86. The number of aromatic nitrogens is 1. The number of pyridine rings is 1. The van der Waals surface area contributed by atoms with Gasteiger partial charge < -0.3 is 4.74 Å². The third-order valence-electron chi connectivity index (χ3n) is 3.28. The summed E-state index contributed by atoms with van der Waals surface area (Å²) in [4.78, 5) is 16.1. The molecule has 1 fully saturated rings. The van der Waals surface area contributed by atoms with Gasteiger partial charge in [-0.2, -0.15) is 0 Å². The molecule has 2 aromatic rings. The van der Waals surface area contributed by atoms with E-state index in [0.717, 1.165) is 11.3 Å². The molecular formula is C18H16N2O2. The van der Waals surface area contributed by atoms with Crippen molar-refractivity contribution in [3.05, 3.63) is 53.9 Å². The van der Waals surface area contributed by atoms with Crippen LogP contribution in [0.15, 0.2) is 42.6 Å². The van der Waals surface area contributed by atoms with Crippen molar-refractivity contribution in [2.75, 3.05) is 5.32 Å². The van der Waals surface area contributed by atoms with Gasteiger partial charge in [-0.3, -0.25) is 10.3 Å². The minimum atomic E-state index is -0.544. The van der Waals surface area contributed by atoms with Crippen LogP contribution in [0.4, 0.5) is 10.5 Å². The Bertz CT molecular complexity index is 741. The highest BCUT2D eigenvalue weighted by molar-refractivity contribution is 5.86. The fourth-order valence-electron chi connectivity index (χ4n) is 1.87. The second kappa shape index (κ2) is 6.31. The van der Waals surface area contributed by atoms with Crippen LogP contribution in [0.1, 0.15) is 24.1 Å². The zero-order valence-corrected chi connectivity index (χ0v) is 12.3. The van der Waals surface area contributed by atoms with Crippen molar-refractivity contribution in [3.8, 4) is 17.6 Å². The second-order valence-electron chi connectivity index (χ2n) is 5.23. The summed E-state index contributed by atoms with van der Waals surface area (Å²) in [5, 5.41) is 2.67. The number of benzene rings is 1. The molecule has 0 atom stereocenters. The van der Waals surface area contributed by atoms with Gasteiger partial charge in [0.2, 0.25) is 0 Å². The van der Waals surface area contributed by atoms with E-state index in [4.69, 9.17) is 4.74 Å². The zero-order valence-electron chi connectivity index (χ0n) is 12.3. The minimum Gasteiger partial charge on any atom is -0.410 e. The van der Waals surface area contributed by atoms with Gasteiger partial charge in [0, 0.05) is 11.5 Å². The number of para-hydroxylation sites is 1. The standard InChI is InChI=1S/C18H16N2O2/c1-13-15(10-9-14-7-8-14)11-16(12-19-13)20-18(21)22-17-5-3-2-4-6-17/h2-6,11-12,14H,7-8H2,1H3,(H,20,21). The molecule has 1 aliphatic rings. The maximum absolute atomic E-state index is 11.9. The van der Waals surface area contributed by atoms with Crippen molar-refractivity contribution in [1.82, 2.24) is 4.98 Å². The van der Waals surface area contributed by atoms with E-state index >= 15 is 0 Å². The van der Waals surface area contributed by atoms with E-state index in [1.165, 1.54) is 12.8 Å². The fraction of sp³-hybridized carbons (Fsp3) is 0.222. The highest BCUT2D eigenvalue weighted by atomic mass is 16.6. The summed E-state index contributed by atoms with van der Waals surface area (Å²) in [6.07, 6.45) is 3.42. The van der Waals surface area contributed by atoms with E-state index in [-0.39, 0.29) is 0 Å². The molecule has 22 heavy (non-hydrogen) atoms. The van der Waals surface area contributed by atoms with E-state index in [9.17, 15) is 4.79 Å². The first-order valence-corrected chi connectivity index (χ1v) is 7.23. The molecule has 3 rings (SSSR count). The largest absolute Gasteiger partial charge is 0.417 e. The van der Waals surface area contributed by atoms with Crippen molar-refractivity contribution in [3.63, 3.8) is 0 Å². The van der Waals surface area contributed by atoms with Gasteiger partial charge in [0.05, 0.1) is 17.6 Å². The molecule has 4 nitrogen and oxygen atoms in total. The average Bonchev–Trinajstić information content (AvgIpc) is 3.33. The molecule has 110 valence electrons. The summed E-state index contributed by atoms with van der Waals surface area (Å²) in [5.41, 5.74) is 2.27. The summed E-state index contributed by atoms with van der Waals surface area (Å²) < 4.78 is 5.18. The van der Waals surface area contributed by atoms with Gasteiger partial charge in [-0.15, -0.1) is 0 Å². The molecule has 0 unspecified atom stereocenters. The summed E-state index contributed by atoms with van der Waals surface area (Å²) in [6, 6.07) is 10.7. The maximum Gasteiger partial charge on any atom is 0.417 e. The van der Waals surface area contributed by atoms with E-state index in [1.807, 2.05) is 31.2 Å². The highest BCUT2D eigenvalue weighted by Gasteiger charge is 2.17. The zero-order chi connectivity index (χ0) is 15.4. The van der Waals surface area contributed by atoms with E-state index in [1.54, 1.807) is 18.3 Å². The topological polar surface area (TPSA) is 51.2 Å². The van der Waals surface area contributed by atoms with Crippen LogP contribution in [0.25, 0.3) is 0 Å². The first kappa shape index (κ1) is 14.2. The quantitative estimate of drug-likeness (QED) is 0.857. The molecule has 4 heteroatoms. The first-order valence-electron chi connectivity index (χ1n) is 7.23. The van der Waals surface area contributed by atoms with Crippen molar-refractivity contribution in [1.29, 1.82) is 0 Å². The number of hydrogen-bond donors (Lipinski definition) is 1. The third-order valence-corrected chi connectivity index (χ3v) is 3.28. The highest BCUT2D eigenvalue weighted by Crippen LogP contribution is 2.27. The van der Waals surface area contributed by atoms with Crippen molar-refractivity contribution >= 4 is 11.8 Å². The molecule has 1 amide bonds. The van der Waals surface area contributed by atoms with Crippen LogP contribution in [-0.4, -0.2) is 11.1 Å². The SMILES string of the molecule is Cc1ncc(NC(=O)Oc2ccccc2)cc1C#CC1CC1. The lowest BCUT2D eigenvalue weighted by molar-refractivity contribution is 0.215. The fourth-order valence-corrected chi connectivity index (χ4v) is 1.87. The number of amides is 1. The summed E-state index contributed by atoms with van der Waals surface area (Å²) >= 11 is 0. The normalized spacial score (nSPS) is 13.0. The second-order valence-corrected chi connectivity index (χ2v) is 5.23. The monoisotopic (exact) mass is 292 g/mol. The van der Waals surface area contributed by atoms with Gasteiger partial charge in [0.25, 0.3) is 0 Å². The molecule has 0 aliphatic heterocycles. The van der Waals surface area contributed by atoms with E-state index < -0.39 is 6.09 Å². The van der Waals surface area contributed by atoms with Gasteiger partial charge in [-0.1, -0.05) is 30.0 Å². The molecule has 1 aliphatic carbocycles. The van der Waals surface area contributed by atoms with Gasteiger partial charge >= 0.3 is 6.09 Å². The smallest absolute Gasteiger partial charge is 0.410 e. The average molecular weight is 292 g/mol. The Labute approximate surface area is 129 Å². The molecule has 1 heterocycles. The number of carbonyl (C=O) groups excluding carboxylic acids is 1. The summed E-state index contributed by atoms with van der Waals surface area (Å²) in [7, 11) is 0. The Morgan fingerprint density at radius 1 is 1.32 bits per heavy atom. The molecule has 1 saturated carbocycles. The van der Waals surface area contributed by atoms with Crippen LogP contribution in [-0.2, 0) is 0 Å². The van der Waals surface area contributed by atoms with Crippen molar-refractivity contribution in [2.24, 2.45) is 5.92 Å². The Morgan fingerprint density at radius 3 is 2.82 bits per heavy atom. The number of rotatable bonds is 2. The Morgan fingerprint density at radius 2 is 2.09 bits per heavy atom. The molecule has 1 aromatic carbocycles. The van der Waals surface area contributed by atoms with Crippen LogP contribution >= 0.6 is 0 Å². The van der Waals surface area contributed by atoms with Crippen LogP contribution in [0.3, 0.4) is 0 Å². The van der Waals surface area contributed by atoms with Crippen LogP contribution < -0.4 is 10.1 Å². The predicted octanol–water partition coefficient (Wildman–Crippen LogP) is 3.76. The van der Waals surface area contributed by atoms with Crippen molar-refractivity contribution < 1.29 is 9.53 Å². The number of carbonyl (C=O) groups is 1. The van der Waals surface area contributed by atoms with Crippen LogP contribution in [0, 0.1) is 24.7 Å². The van der Waals surface area contributed by atoms with Crippen LogP contribution in [0.2, 0.25) is 0 Å². The first-order chi connectivity index (χ1) is 10.7. The molecule has 1 N–H and O–H groups in total. The Balaban J connectivity index is 1.68. The predicted molar refractivity (Wildman–Crippen MR) is 84.7 cm³/mol. The lowest BCUT2D eigenvalue weighted by Gasteiger charge is -2.07. The van der Waals surface area contributed by atoms with Crippen molar-refractivity contribution in [2.45, 2.75) is 19.8 Å². The molecular weight excluding hydrogens is 276 g/mol.